The summed E-state index contributed by atoms with van der Waals surface area (Å²) in [5.41, 5.74) is 16.1. The van der Waals surface area contributed by atoms with Crippen molar-refractivity contribution in [3.63, 3.8) is 0 Å². The maximum absolute atomic E-state index is 6.50. The topological polar surface area (TPSA) is 21.3 Å². The van der Waals surface area contributed by atoms with E-state index in [9.17, 15) is 0 Å². The fourth-order valence-electron chi connectivity index (χ4n) is 9.79. The minimum Gasteiger partial charge on any atom is -0.456 e. The van der Waals surface area contributed by atoms with Gasteiger partial charge in [0.1, 0.15) is 11.2 Å². The van der Waals surface area contributed by atoms with Gasteiger partial charge in [0.2, 0.25) is 0 Å². The van der Waals surface area contributed by atoms with E-state index in [-0.39, 0.29) is 17.7 Å². The first-order chi connectivity index (χ1) is 26.5. The van der Waals surface area contributed by atoms with Gasteiger partial charge < -0.3 is 13.8 Å². The van der Waals surface area contributed by atoms with Crippen molar-refractivity contribution in [2.45, 2.75) is 52.4 Å². The molecule has 7 aromatic carbocycles. The summed E-state index contributed by atoms with van der Waals surface area (Å²) in [6.45, 7) is 13.9. The maximum Gasteiger partial charge on any atom is 0.333 e. The minimum atomic E-state index is -0.0419. The van der Waals surface area contributed by atoms with Crippen molar-refractivity contribution in [3.8, 4) is 16.8 Å². The highest BCUT2D eigenvalue weighted by molar-refractivity contribution is 7.25. The summed E-state index contributed by atoms with van der Waals surface area (Å²) < 4.78 is 11.7. The number of hydrogen-bond donors (Lipinski definition) is 0. The molecular weight excluding hydrogens is 687 g/mol. The first-order valence-corrected chi connectivity index (χ1v) is 20.3. The van der Waals surface area contributed by atoms with Gasteiger partial charge in [-0.3, -0.25) is 0 Å². The molecule has 12 rings (SSSR count). The Kier molecular flexibility index (Phi) is 6.02. The van der Waals surface area contributed by atoms with Crippen LogP contribution in [0, 0.1) is 0 Å². The van der Waals surface area contributed by atoms with Gasteiger partial charge in [0.25, 0.3) is 0 Å². The SMILES string of the molecule is CC(C)(C)c1ccc(N2B3c4cc(C(C)(C)C)ccc4-n4c5ccc6oc7ccccc7c6c5c5ccc(c3c54)-c3cc4sc5ccccc5c4cc32)cc1. The Hall–Kier alpha value is -5.78. The number of hydrogen-bond acceptors (Lipinski definition) is 3. The Balaban J connectivity index is 1.27. The summed E-state index contributed by atoms with van der Waals surface area (Å²) in [5.74, 6) is 0. The fraction of sp³-hybridized carbons (Fsp3) is 0.160. The number of para-hydroxylation sites is 1. The molecule has 0 fully saturated rings. The van der Waals surface area contributed by atoms with Gasteiger partial charge >= 0.3 is 6.85 Å². The standard InChI is InChI=1S/C50H39BN2OS/c1-49(2,3)28-15-18-30(19-16-28)53-40-26-36-31-11-8-10-14-43(31)55-44(36)27-35(40)32-20-21-34-45-39(23-24-42-46(45)33-12-7-9-13-41(33)54-42)52-38-22-17-29(50(4,5)6)25-37(38)51(53)47(32)48(34)52/h7-27H,1-6H3. The Bertz CT molecular complexity index is 3290. The number of nitrogens with zero attached hydrogens (tertiary/aromatic N) is 2. The van der Waals surface area contributed by atoms with E-state index < -0.39 is 0 Å². The monoisotopic (exact) mass is 726 g/mol. The highest BCUT2D eigenvalue weighted by Gasteiger charge is 2.44. The molecule has 0 saturated heterocycles. The number of anilines is 2. The van der Waals surface area contributed by atoms with E-state index in [1.165, 1.54) is 97.6 Å². The molecule has 5 heteroatoms. The lowest BCUT2D eigenvalue weighted by Gasteiger charge is -2.42. The third kappa shape index (κ3) is 4.17. The van der Waals surface area contributed by atoms with Crippen molar-refractivity contribution in [3.05, 3.63) is 139 Å². The van der Waals surface area contributed by atoms with Crippen LogP contribution in [0.1, 0.15) is 52.7 Å². The molecule has 0 spiro atoms. The van der Waals surface area contributed by atoms with Crippen LogP contribution in [-0.2, 0) is 10.8 Å². The Morgan fingerprint density at radius 1 is 0.545 bits per heavy atom. The zero-order valence-corrected chi connectivity index (χ0v) is 32.7. The van der Waals surface area contributed by atoms with Gasteiger partial charge in [-0.05, 0) is 93.0 Å². The minimum absolute atomic E-state index is 0.0156. The van der Waals surface area contributed by atoms with Crippen molar-refractivity contribution in [2.24, 2.45) is 0 Å². The molecule has 0 aliphatic carbocycles. The van der Waals surface area contributed by atoms with Crippen LogP contribution in [0.5, 0.6) is 0 Å². The van der Waals surface area contributed by atoms with Gasteiger partial charge in [0, 0.05) is 64.3 Å². The first-order valence-electron chi connectivity index (χ1n) is 19.5. The van der Waals surface area contributed by atoms with E-state index in [0.717, 1.165) is 16.6 Å². The van der Waals surface area contributed by atoms with Gasteiger partial charge in [-0.25, -0.2) is 0 Å². The molecule has 0 radical (unpaired) electrons. The molecule has 0 unspecified atom stereocenters. The second-order valence-electron chi connectivity index (χ2n) is 17.7. The van der Waals surface area contributed by atoms with E-state index >= 15 is 0 Å². The van der Waals surface area contributed by atoms with Crippen LogP contribution in [0.2, 0.25) is 0 Å². The average molecular weight is 727 g/mol. The molecule has 3 aromatic heterocycles. The van der Waals surface area contributed by atoms with Crippen LogP contribution in [0.15, 0.2) is 132 Å². The number of benzene rings is 7. The van der Waals surface area contributed by atoms with Crippen molar-refractivity contribution >= 4 is 104 Å². The van der Waals surface area contributed by atoms with Crippen molar-refractivity contribution < 1.29 is 4.42 Å². The van der Waals surface area contributed by atoms with Crippen LogP contribution in [-0.4, -0.2) is 11.4 Å². The van der Waals surface area contributed by atoms with Crippen molar-refractivity contribution in [1.29, 1.82) is 0 Å². The summed E-state index contributed by atoms with van der Waals surface area (Å²) in [6.07, 6.45) is 0. The molecule has 2 aliphatic rings. The van der Waals surface area contributed by atoms with Gasteiger partial charge in [0.05, 0.1) is 11.0 Å². The molecule has 0 N–H and O–H groups in total. The maximum atomic E-state index is 6.50. The Morgan fingerprint density at radius 3 is 2.09 bits per heavy atom. The third-order valence-corrected chi connectivity index (χ3v) is 13.6. The van der Waals surface area contributed by atoms with E-state index in [1.807, 2.05) is 11.3 Å². The van der Waals surface area contributed by atoms with Crippen LogP contribution < -0.4 is 15.7 Å². The zero-order valence-electron chi connectivity index (χ0n) is 31.9. The Morgan fingerprint density at radius 2 is 1.29 bits per heavy atom. The van der Waals surface area contributed by atoms with Crippen LogP contribution in [0.25, 0.3) is 80.7 Å². The number of aromatic nitrogens is 1. The summed E-state index contributed by atoms with van der Waals surface area (Å²) in [7, 11) is 0. The van der Waals surface area contributed by atoms with E-state index in [1.54, 1.807) is 0 Å². The van der Waals surface area contributed by atoms with E-state index in [0.29, 0.717) is 0 Å². The number of fused-ring (bicyclic) bond motifs is 15. The molecular formula is C50H39BN2OS. The predicted octanol–water partition coefficient (Wildman–Crippen LogP) is 12.9. The fourth-order valence-corrected chi connectivity index (χ4v) is 10.9. The lowest BCUT2D eigenvalue weighted by Crippen LogP contribution is -2.60. The van der Waals surface area contributed by atoms with E-state index in [4.69, 9.17) is 4.42 Å². The predicted molar refractivity (Wildman–Crippen MR) is 237 cm³/mol. The molecule has 0 amide bonds. The largest absolute Gasteiger partial charge is 0.456 e. The quantitative estimate of drug-likeness (QED) is 0.157. The first kappa shape index (κ1) is 31.6. The molecule has 264 valence electrons. The molecule has 3 nitrogen and oxygen atoms in total. The molecule has 0 atom stereocenters. The summed E-state index contributed by atoms with van der Waals surface area (Å²) in [5, 5.41) is 7.54. The molecule has 0 bridgehead atoms. The third-order valence-electron chi connectivity index (χ3n) is 12.5. The highest BCUT2D eigenvalue weighted by atomic mass is 32.1. The Labute approximate surface area is 324 Å². The van der Waals surface area contributed by atoms with Gasteiger partial charge in [-0.2, -0.15) is 0 Å². The zero-order chi connectivity index (χ0) is 37.1. The van der Waals surface area contributed by atoms with Crippen molar-refractivity contribution in [2.75, 3.05) is 4.81 Å². The van der Waals surface area contributed by atoms with Gasteiger partial charge in [-0.1, -0.05) is 114 Å². The number of rotatable bonds is 1. The van der Waals surface area contributed by atoms with Crippen LogP contribution >= 0.6 is 11.3 Å². The van der Waals surface area contributed by atoms with E-state index in [2.05, 4.69) is 178 Å². The molecule has 5 heterocycles. The van der Waals surface area contributed by atoms with Gasteiger partial charge in [-0.15, -0.1) is 11.3 Å². The molecule has 0 saturated carbocycles. The second-order valence-corrected chi connectivity index (χ2v) is 18.8. The number of furan rings is 1. The molecule has 55 heavy (non-hydrogen) atoms. The highest BCUT2D eigenvalue weighted by Crippen LogP contribution is 2.50. The average Bonchev–Trinajstić information content (AvgIpc) is 3.85. The molecule has 10 aromatic rings. The van der Waals surface area contributed by atoms with Crippen LogP contribution in [0.3, 0.4) is 0 Å². The lowest BCUT2D eigenvalue weighted by molar-refractivity contribution is 0.590. The van der Waals surface area contributed by atoms with Gasteiger partial charge in [0.15, 0.2) is 0 Å². The molecule has 2 aliphatic heterocycles. The summed E-state index contributed by atoms with van der Waals surface area (Å²) in [4.78, 5) is 2.67. The summed E-state index contributed by atoms with van der Waals surface area (Å²) >= 11 is 1.90. The normalized spacial score (nSPS) is 13.9. The smallest absolute Gasteiger partial charge is 0.333 e. The second kappa shape index (κ2) is 10.5. The lowest BCUT2D eigenvalue weighted by atomic mass is 9.43. The van der Waals surface area contributed by atoms with Crippen molar-refractivity contribution in [1.82, 2.24) is 4.57 Å². The number of thiophene rings is 1. The summed E-state index contributed by atoms with van der Waals surface area (Å²) in [6, 6.07) is 48.3. The van der Waals surface area contributed by atoms with Crippen LogP contribution in [0.4, 0.5) is 11.4 Å².